The summed E-state index contributed by atoms with van der Waals surface area (Å²) in [5, 5.41) is 24.9. The normalized spacial score (nSPS) is 27.4. The van der Waals surface area contributed by atoms with Gasteiger partial charge in [-0.05, 0) is 5.56 Å². The van der Waals surface area contributed by atoms with E-state index in [0.717, 1.165) is 5.56 Å². The quantitative estimate of drug-likeness (QED) is 0.554. The highest BCUT2D eigenvalue weighted by atomic mass is 16.5. The average Bonchev–Trinajstić information content (AvgIpc) is 2.80. The molecule has 0 bridgehead atoms. The van der Waals surface area contributed by atoms with Crippen LogP contribution in [0, 0.1) is 0 Å². The van der Waals surface area contributed by atoms with Gasteiger partial charge in [0.15, 0.2) is 6.10 Å². The van der Waals surface area contributed by atoms with Crippen molar-refractivity contribution in [3.05, 3.63) is 35.9 Å². The van der Waals surface area contributed by atoms with Gasteiger partial charge in [0.25, 0.3) is 5.91 Å². The molecule has 1 saturated heterocycles. The molecule has 1 aromatic rings. The molecular weight excluding hydrogens is 288 g/mol. The molecule has 0 aromatic heterocycles. The maximum absolute atomic E-state index is 12.1. The Balaban J connectivity index is 1.88. The lowest BCUT2D eigenvalue weighted by atomic mass is 10.1. The number of benzene rings is 1. The first-order chi connectivity index (χ1) is 10.5. The SMILES string of the molecule is CC(=O)NC[C@H]1O[C@@H](C(=O)NCc2ccccc2)[C@@H](O)[C@@H]1O. The first-order valence-corrected chi connectivity index (χ1v) is 7.06. The molecular formula is C15H20N2O5. The Morgan fingerprint density at radius 1 is 1.14 bits per heavy atom. The number of nitrogens with one attached hydrogen (secondary N) is 2. The van der Waals surface area contributed by atoms with Crippen LogP contribution in [0.2, 0.25) is 0 Å². The summed E-state index contributed by atoms with van der Waals surface area (Å²) in [7, 11) is 0. The minimum atomic E-state index is -1.32. The van der Waals surface area contributed by atoms with E-state index in [1.54, 1.807) is 0 Å². The lowest BCUT2D eigenvalue weighted by molar-refractivity contribution is -0.135. The largest absolute Gasteiger partial charge is 0.388 e. The first-order valence-electron chi connectivity index (χ1n) is 7.06. The van der Waals surface area contributed by atoms with Gasteiger partial charge < -0.3 is 25.6 Å². The summed E-state index contributed by atoms with van der Waals surface area (Å²) in [6.07, 6.45) is -4.52. The summed E-state index contributed by atoms with van der Waals surface area (Å²) >= 11 is 0. The van der Waals surface area contributed by atoms with E-state index in [4.69, 9.17) is 4.74 Å². The van der Waals surface area contributed by atoms with E-state index in [1.165, 1.54) is 6.92 Å². The second kappa shape index (κ2) is 7.35. The minimum absolute atomic E-state index is 0.0377. The number of carbonyl (C=O) groups excluding carboxylic acids is 2. The van der Waals surface area contributed by atoms with Gasteiger partial charge in [0.1, 0.15) is 18.3 Å². The van der Waals surface area contributed by atoms with Gasteiger partial charge in [0, 0.05) is 20.0 Å². The van der Waals surface area contributed by atoms with Crippen LogP contribution in [0.15, 0.2) is 30.3 Å². The highest BCUT2D eigenvalue weighted by Crippen LogP contribution is 2.21. The van der Waals surface area contributed by atoms with Gasteiger partial charge in [0.05, 0.1) is 0 Å². The molecule has 7 heteroatoms. The lowest BCUT2D eigenvalue weighted by Gasteiger charge is -2.14. The number of ether oxygens (including phenoxy) is 1. The molecule has 120 valence electrons. The predicted octanol–water partition coefficient (Wildman–Crippen LogP) is -1.07. The lowest BCUT2D eigenvalue weighted by Crippen LogP contribution is -2.42. The summed E-state index contributed by atoms with van der Waals surface area (Å²) in [4.78, 5) is 22.9. The smallest absolute Gasteiger partial charge is 0.252 e. The van der Waals surface area contributed by atoms with E-state index in [2.05, 4.69) is 10.6 Å². The van der Waals surface area contributed by atoms with Gasteiger partial charge in [0.2, 0.25) is 5.91 Å². The molecule has 4 atom stereocenters. The standard InChI is InChI=1S/C15H20N2O5/c1-9(18)16-8-11-12(19)13(20)14(22-11)15(21)17-7-10-5-3-2-4-6-10/h2-6,11-14,19-20H,7-8H2,1H3,(H,16,18)(H,17,21)/t11-,12-,13+,14-/m1/s1. The highest BCUT2D eigenvalue weighted by Gasteiger charge is 2.46. The minimum Gasteiger partial charge on any atom is -0.388 e. The Morgan fingerprint density at radius 2 is 1.82 bits per heavy atom. The molecule has 0 saturated carbocycles. The zero-order valence-electron chi connectivity index (χ0n) is 12.2. The van der Waals surface area contributed by atoms with Crippen molar-refractivity contribution in [2.24, 2.45) is 0 Å². The Morgan fingerprint density at radius 3 is 2.45 bits per heavy atom. The van der Waals surface area contributed by atoms with Gasteiger partial charge in [-0.2, -0.15) is 0 Å². The number of rotatable bonds is 5. The molecule has 0 unspecified atom stereocenters. The van der Waals surface area contributed by atoms with Crippen molar-refractivity contribution in [1.82, 2.24) is 10.6 Å². The van der Waals surface area contributed by atoms with Crippen molar-refractivity contribution < 1.29 is 24.5 Å². The number of carbonyl (C=O) groups is 2. The van der Waals surface area contributed by atoms with E-state index in [0.29, 0.717) is 6.54 Å². The van der Waals surface area contributed by atoms with Crippen molar-refractivity contribution in [3.8, 4) is 0 Å². The molecule has 0 aliphatic carbocycles. The van der Waals surface area contributed by atoms with Crippen LogP contribution in [0.1, 0.15) is 12.5 Å². The number of aliphatic hydroxyl groups is 2. The van der Waals surface area contributed by atoms with Crippen molar-refractivity contribution in [1.29, 1.82) is 0 Å². The maximum atomic E-state index is 12.1. The molecule has 22 heavy (non-hydrogen) atoms. The average molecular weight is 308 g/mol. The highest BCUT2D eigenvalue weighted by molar-refractivity contribution is 5.82. The van der Waals surface area contributed by atoms with Crippen LogP contribution in [0.5, 0.6) is 0 Å². The van der Waals surface area contributed by atoms with Crippen LogP contribution >= 0.6 is 0 Å². The van der Waals surface area contributed by atoms with Gasteiger partial charge >= 0.3 is 0 Å². The Labute approximate surface area is 128 Å². The zero-order valence-corrected chi connectivity index (χ0v) is 12.2. The van der Waals surface area contributed by atoms with Gasteiger partial charge in [-0.15, -0.1) is 0 Å². The topological polar surface area (TPSA) is 108 Å². The summed E-state index contributed by atoms with van der Waals surface area (Å²) < 4.78 is 5.36. The Hall–Kier alpha value is -1.96. The van der Waals surface area contributed by atoms with Crippen LogP contribution in [-0.4, -0.2) is 53.0 Å². The molecule has 2 rings (SSSR count). The summed E-state index contributed by atoms with van der Waals surface area (Å²) in [5.41, 5.74) is 0.915. The molecule has 1 aliphatic heterocycles. The summed E-state index contributed by atoms with van der Waals surface area (Å²) in [6.45, 7) is 1.68. The number of aliphatic hydroxyl groups excluding tert-OH is 2. The molecule has 1 aliphatic rings. The van der Waals surface area contributed by atoms with E-state index < -0.39 is 30.3 Å². The van der Waals surface area contributed by atoms with E-state index in [1.807, 2.05) is 30.3 Å². The second-order valence-electron chi connectivity index (χ2n) is 5.22. The van der Waals surface area contributed by atoms with E-state index in [9.17, 15) is 19.8 Å². The fraction of sp³-hybridized carbons (Fsp3) is 0.467. The monoisotopic (exact) mass is 308 g/mol. The van der Waals surface area contributed by atoms with Gasteiger partial charge in [-0.25, -0.2) is 0 Å². The van der Waals surface area contributed by atoms with Crippen LogP contribution in [0.25, 0.3) is 0 Å². The number of hydrogen-bond acceptors (Lipinski definition) is 5. The Bertz CT molecular complexity index is 522. The number of amides is 2. The van der Waals surface area contributed by atoms with Crippen molar-refractivity contribution >= 4 is 11.8 Å². The summed E-state index contributed by atoms with van der Waals surface area (Å²) in [5.74, 6) is -0.775. The molecule has 0 radical (unpaired) electrons. The molecule has 4 N–H and O–H groups in total. The van der Waals surface area contributed by atoms with Crippen LogP contribution in [0.3, 0.4) is 0 Å². The third-order valence-electron chi connectivity index (χ3n) is 3.48. The first kappa shape index (κ1) is 16.4. The van der Waals surface area contributed by atoms with Crippen LogP contribution in [-0.2, 0) is 20.9 Å². The van der Waals surface area contributed by atoms with Crippen LogP contribution < -0.4 is 10.6 Å². The fourth-order valence-electron chi connectivity index (χ4n) is 2.26. The van der Waals surface area contributed by atoms with Crippen molar-refractivity contribution in [2.75, 3.05) is 6.54 Å². The van der Waals surface area contributed by atoms with Crippen LogP contribution in [0.4, 0.5) is 0 Å². The third-order valence-corrected chi connectivity index (χ3v) is 3.48. The second-order valence-corrected chi connectivity index (χ2v) is 5.22. The molecule has 1 aromatic carbocycles. The predicted molar refractivity (Wildman–Crippen MR) is 77.6 cm³/mol. The molecule has 1 heterocycles. The third kappa shape index (κ3) is 4.03. The van der Waals surface area contributed by atoms with Gasteiger partial charge in [-0.1, -0.05) is 30.3 Å². The number of hydrogen-bond donors (Lipinski definition) is 4. The van der Waals surface area contributed by atoms with Gasteiger partial charge in [-0.3, -0.25) is 9.59 Å². The van der Waals surface area contributed by atoms with E-state index in [-0.39, 0.29) is 12.5 Å². The van der Waals surface area contributed by atoms with Crippen molar-refractivity contribution in [3.63, 3.8) is 0 Å². The fourth-order valence-corrected chi connectivity index (χ4v) is 2.26. The Kier molecular flexibility index (Phi) is 5.48. The van der Waals surface area contributed by atoms with Crippen molar-refractivity contribution in [2.45, 2.75) is 37.9 Å². The molecule has 1 fully saturated rings. The molecule has 7 nitrogen and oxygen atoms in total. The zero-order chi connectivity index (χ0) is 16.1. The molecule has 2 amide bonds. The maximum Gasteiger partial charge on any atom is 0.252 e. The summed E-state index contributed by atoms with van der Waals surface area (Å²) in [6, 6.07) is 9.31. The molecule has 0 spiro atoms. The van der Waals surface area contributed by atoms with E-state index >= 15 is 0 Å².